The molecule has 2 heterocycles. The highest BCUT2D eigenvalue weighted by Gasteiger charge is 2.57. The summed E-state index contributed by atoms with van der Waals surface area (Å²) in [6.45, 7) is 2.52. The van der Waals surface area contributed by atoms with E-state index < -0.39 is 5.54 Å². The van der Waals surface area contributed by atoms with Crippen molar-refractivity contribution in [1.82, 2.24) is 15.1 Å². The smallest absolute Gasteiger partial charge is 0.325 e. The largest absolute Gasteiger partial charge is 0.497 e. The van der Waals surface area contributed by atoms with Gasteiger partial charge in [-0.15, -0.1) is 0 Å². The van der Waals surface area contributed by atoms with Crippen molar-refractivity contribution in [2.45, 2.75) is 63.1 Å². The lowest BCUT2D eigenvalue weighted by atomic mass is 9.73. The van der Waals surface area contributed by atoms with Gasteiger partial charge in [-0.3, -0.25) is 14.6 Å². The lowest BCUT2D eigenvalue weighted by Crippen LogP contribution is -2.57. The molecule has 6 nitrogen and oxygen atoms in total. The molecule has 7 heteroatoms. The van der Waals surface area contributed by atoms with E-state index in [1.54, 1.807) is 19.2 Å². The topological polar surface area (TPSA) is 61.9 Å². The second kappa shape index (κ2) is 9.97. The Morgan fingerprint density at radius 2 is 1.71 bits per heavy atom. The van der Waals surface area contributed by atoms with E-state index in [0.29, 0.717) is 6.42 Å². The highest BCUT2D eigenvalue weighted by molar-refractivity contribution is 6.07. The number of piperidine rings is 1. The first-order chi connectivity index (χ1) is 17.0. The molecule has 0 aromatic heterocycles. The molecular formula is C28H34FN3O3. The van der Waals surface area contributed by atoms with Crippen molar-refractivity contribution in [1.29, 1.82) is 0 Å². The van der Waals surface area contributed by atoms with E-state index in [0.717, 1.165) is 69.5 Å². The number of ether oxygens (including phenoxy) is 1. The van der Waals surface area contributed by atoms with Crippen molar-refractivity contribution in [2.24, 2.45) is 5.92 Å². The third-order valence-corrected chi connectivity index (χ3v) is 8.06. The summed E-state index contributed by atoms with van der Waals surface area (Å²) in [6.07, 6.45) is 5.88. The van der Waals surface area contributed by atoms with E-state index in [1.165, 1.54) is 22.6 Å². The van der Waals surface area contributed by atoms with Gasteiger partial charge in [-0.25, -0.2) is 9.18 Å². The number of rotatable bonds is 7. The second-order valence-corrected chi connectivity index (χ2v) is 10.2. The minimum absolute atomic E-state index is 0.00857. The number of nitrogens with one attached hydrogen (secondary N) is 1. The van der Waals surface area contributed by atoms with E-state index >= 15 is 0 Å². The molecule has 3 amide bonds. The van der Waals surface area contributed by atoms with Gasteiger partial charge in [0, 0.05) is 19.0 Å². The summed E-state index contributed by atoms with van der Waals surface area (Å²) in [5.41, 5.74) is 1.09. The van der Waals surface area contributed by atoms with Crippen LogP contribution in [0.3, 0.4) is 0 Å². The zero-order valence-electron chi connectivity index (χ0n) is 20.3. The number of imide groups is 1. The summed E-state index contributed by atoms with van der Waals surface area (Å²) in [5.74, 6) is 0.479. The molecule has 35 heavy (non-hydrogen) atoms. The number of hydrogen-bond donors (Lipinski definition) is 1. The van der Waals surface area contributed by atoms with Crippen molar-refractivity contribution in [3.8, 4) is 5.75 Å². The Balaban J connectivity index is 1.35. The summed E-state index contributed by atoms with van der Waals surface area (Å²) in [4.78, 5) is 31.0. The summed E-state index contributed by atoms with van der Waals surface area (Å²) in [7, 11) is 1.67. The van der Waals surface area contributed by atoms with Crippen LogP contribution in [0.5, 0.6) is 5.75 Å². The molecule has 0 bridgehead atoms. The van der Waals surface area contributed by atoms with Crippen LogP contribution in [0.1, 0.15) is 49.7 Å². The van der Waals surface area contributed by atoms with Gasteiger partial charge in [0.05, 0.1) is 7.11 Å². The van der Waals surface area contributed by atoms with Gasteiger partial charge in [-0.05, 0) is 80.1 Å². The molecule has 1 atom stereocenters. The van der Waals surface area contributed by atoms with Crippen LogP contribution in [0, 0.1) is 11.7 Å². The number of urea groups is 1. The van der Waals surface area contributed by atoms with Crippen LogP contribution in [0.25, 0.3) is 0 Å². The van der Waals surface area contributed by atoms with Crippen LogP contribution in [0.15, 0.2) is 48.5 Å². The van der Waals surface area contributed by atoms with Crippen molar-refractivity contribution >= 4 is 11.9 Å². The number of halogens is 1. The predicted octanol–water partition coefficient (Wildman–Crippen LogP) is 4.52. The fourth-order valence-electron chi connectivity index (χ4n) is 6.18. The van der Waals surface area contributed by atoms with Crippen LogP contribution in [-0.2, 0) is 17.8 Å². The number of likely N-dealkylation sites (tertiary alicyclic amines) is 1. The summed E-state index contributed by atoms with van der Waals surface area (Å²) >= 11 is 0. The van der Waals surface area contributed by atoms with E-state index in [2.05, 4.69) is 22.3 Å². The average molecular weight is 480 g/mol. The van der Waals surface area contributed by atoms with Gasteiger partial charge in [0.2, 0.25) is 0 Å². The second-order valence-electron chi connectivity index (χ2n) is 10.2. The molecule has 2 saturated heterocycles. The van der Waals surface area contributed by atoms with Crippen LogP contribution in [-0.4, -0.2) is 53.5 Å². The molecule has 0 radical (unpaired) electrons. The first kappa shape index (κ1) is 23.8. The van der Waals surface area contributed by atoms with Gasteiger partial charge in [0.1, 0.15) is 17.1 Å². The quantitative estimate of drug-likeness (QED) is 0.593. The van der Waals surface area contributed by atoms with Gasteiger partial charge in [0.25, 0.3) is 5.91 Å². The fourth-order valence-corrected chi connectivity index (χ4v) is 6.18. The van der Waals surface area contributed by atoms with Gasteiger partial charge in [-0.1, -0.05) is 37.1 Å². The van der Waals surface area contributed by atoms with E-state index in [1.807, 2.05) is 12.1 Å². The Morgan fingerprint density at radius 3 is 2.40 bits per heavy atom. The van der Waals surface area contributed by atoms with Crippen molar-refractivity contribution < 1.29 is 18.7 Å². The Bertz CT molecular complexity index is 1060. The van der Waals surface area contributed by atoms with Gasteiger partial charge >= 0.3 is 6.03 Å². The molecule has 5 rings (SSSR count). The van der Waals surface area contributed by atoms with Gasteiger partial charge in [-0.2, -0.15) is 0 Å². The molecule has 0 spiro atoms. The summed E-state index contributed by atoms with van der Waals surface area (Å²) in [6, 6.07) is 14.1. The van der Waals surface area contributed by atoms with Crippen molar-refractivity contribution in [3.05, 3.63) is 65.5 Å². The number of hydrogen-bond acceptors (Lipinski definition) is 4. The number of carbonyl (C=O) groups excluding carboxylic acids is 2. The standard InChI is InChI=1S/C28H34FN3O3/c1-35-25-8-4-5-21(17-25)19-31-15-13-22(14-16-31)28(18-20-9-11-23(29)12-10-20)26(33)32(27(34)30-28)24-6-2-3-7-24/h4-5,8-12,17,22,24H,2-3,6-7,13-16,18-19H2,1H3,(H,30,34)/t28-/m0/s1. The molecule has 1 saturated carbocycles. The van der Waals surface area contributed by atoms with E-state index in [4.69, 9.17) is 4.74 Å². The fraction of sp³-hybridized carbons (Fsp3) is 0.500. The normalized spacial score (nSPS) is 24.2. The van der Waals surface area contributed by atoms with Crippen LogP contribution in [0.2, 0.25) is 0 Å². The lowest BCUT2D eigenvalue weighted by molar-refractivity contribution is -0.135. The molecule has 2 aromatic carbocycles. The average Bonchev–Trinajstić information content (AvgIpc) is 3.47. The number of nitrogens with zero attached hydrogens (tertiary/aromatic N) is 2. The molecule has 3 aliphatic rings. The highest BCUT2D eigenvalue weighted by Crippen LogP contribution is 2.39. The SMILES string of the molecule is COc1cccc(CN2CCC([C@]3(Cc4ccc(F)cc4)NC(=O)N(C4CCCC4)C3=O)CC2)c1. The first-order valence-corrected chi connectivity index (χ1v) is 12.7. The first-order valence-electron chi connectivity index (χ1n) is 12.7. The Hall–Kier alpha value is -2.93. The maximum Gasteiger partial charge on any atom is 0.325 e. The maximum atomic E-state index is 14.0. The van der Waals surface area contributed by atoms with Crippen molar-refractivity contribution in [2.75, 3.05) is 20.2 Å². The molecule has 1 N–H and O–H groups in total. The number of benzene rings is 2. The van der Waals surface area contributed by atoms with Crippen molar-refractivity contribution in [3.63, 3.8) is 0 Å². The molecule has 0 unspecified atom stereocenters. The van der Waals surface area contributed by atoms with Crippen LogP contribution >= 0.6 is 0 Å². The molecule has 2 aromatic rings. The summed E-state index contributed by atoms with van der Waals surface area (Å²) < 4.78 is 18.9. The van der Waals surface area contributed by atoms with Gasteiger partial charge < -0.3 is 10.1 Å². The maximum absolute atomic E-state index is 14.0. The number of carbonyl (C=O) groups is 2. The Labute approximate surface area is 206 Å². The Morgan fingerprint density at radius 1 is 1.00 bits per heavy atom. The summed E-state index contributed by atoms with van der Waals surface area (Å²) in [5, 5.41) is 3.17. The van der Waals surface area contributed by atoms with E-state index in [9.17, 15) is 14.0 Å². The predicted molar refractivity (Wildman–Crippen MR) is 131 cm³/mol. The monoisotopic (exact) mass is 479 g/mol. The van der Waals surface area contributed by atoms with Gasteiger partial charge in [0.15, 0.2) is 0 Å². The minimum atomic E-state index is -0.973. The molecule has 186 valence electrons. The third-order valence-electron chi connectivity index (χ3n) is 8.06. The zero-order chi connectivity index (χ0) is 24.4. The third kappa shape index (κ3) is 4.79. The number of methoxy groups -OCH3 is 1. The zero-order valence-corrected chi connectivity index (χ0v) is 20.3. The molecule has 2 aliphatic heterocycles. The molecule has 3 fully saturated rings. The highest BCUT2D eigenvalue weighted by atomic mass is 19.1. The molecule has 1 aliphatic carbocycles. The van der Waals surface area contributed by atoms with E-state index in [-0.39, 0.29) is 29.7 Å². The van der Waals surface area contributed by atoms with Crippen LogP contribution in [0.4, 0.5) is 9.18 Å². The minimum Gasteiger partial charge on any atom is -0.497 e. The van der Waals surface area contributed by atoms with Crippen LogP contribution < -0.4 is 10.1 Å². The molecular weight excluding hydrogens is 445 g/mol. The number of amides is 3. The Kier molecular flexibility index (Phi) is 6.78. The lowest BCUT2D eigenvalue weighted by Gasteiger charge is -2.41.